The average molecular weight is 169 g/mol. The van der Waals surface area contributed by atoms with Crippen molar-refractivity contribution in [3.63, 3.8) is 0 Å². The summed E-state index contributed by atoms with van der Waals surface area (Å²) in [5.41, 5.74) is 1.17. The van der Waals surface area contributed by atoms with Gasteiger partial charge in [-0.15, -0.1) is 0 Å². The van der Waals surface area contributed by atoms with E-state index in [9.17, 15) is 0 Å². The molecule has 0 amide bonds. The summed E-state index contributed by atoms with van der Waals surface area (Å²) in [5.74, 6) is 0.823. The number of rotatable bonds is 2. The first-order valence-electron chi connectivity index (χ1n) is 4.14. The van der Waals surface area contributed by atoms with Crippen LogP contribution < -0.4 is 0 Å². The second-order valence-electron chi connectivity index (χ2n) is 2.70. The summed E-state index contributed by atoms with van der Waals surface area (Å²) in [7, 11) is 0. The predicted octanol–water partition coefficient (Wildman–Crippen LogP) is 3.25. The zero-order chi connectivity index (χ0) is 8.93. The lowest BCUT2D eigenvalue weighted by atomic mass is 10.2. The van der Waals surface area contributed by atoms with Gasteiger partial charge in [-0.2, -0.15) is 0 Å². The van der Waals surface area contributed by atoms with Gasteiger partial charge in [0.25, 0.3) is 0 Å². The topological polar surface area (TPSA) is 13.1 Å². The van der Waals surface area contributed by atoms with Crippen molar-refractivity contribution in [2.45, 2.75) is 0 Å². The van der Waals surface area contributed by atoms with Crippen LogP contribution >= 0.6 is 0 Å². The third kappa shape index (κ3) is 2.09. The van der Waals surface area contributed by atoms with Crippen molar-refractivity contribution in [2.75, 3.05) is 0 Å². The molecule has 1 heterocycles. The van der Waals surface area contributed by atoms with Crippen LogP contribution in [0.5, 0.6) is 0 Å². The lowest BCUT2D eigenvalue weighted by Crippen LogP contribution is -1.67. The molecule has 0 N–H and O–H groups in total. The van der Waals surface area contributed by atoms with Gasteiger partial charge in [0.05, 0.1) is 0 Å². The fourth-order valence-corrected chi connectivity index (χ4v) is 1.08. The van der Waals surface area contributed by atoms with Crippen molar-refractivity contribution in [3.05, 3.63) is 60.1 Å². The lowest BCUT2D eigenvalue weighted by Gasteiger charge is -1.89. The largest absolute Gasteiger partial charge is 0.453 e. The van der Waals surface area contributed by atoms with Gasteiger partial charge >= 0.3 is 0 Å². The number of benzene rings is 1. The third-order valence-corrected chi connectivity index (χ3v) is 1.73. The summed E-state index contributed by atoms with van der Waals surface area (Å²) in [6.45, 7) is 0. The van der Waals surface area contributed by atoms with Crippen LogP contribution in [-0.2, 0) is 0 Å². The quantitative estimate of drug-likeness (QED) is 0.672. The van der Waals surface area contributed by atoms with Crippen molar-refractivity contribution in [1.82, 2.24) is 0 Å². The smallest absolute Gasteiger partial charge is 0.170 e. The van der Waals surface area contributed by atoms with E-state index < -0.39 is 0 Å². The van der Waals surface area contributed by atoms with Crippen molar-refractivity contribution in [3.8, 4) is 0 Å². The van der Waals surface area contributed by atoms with Gasteiger partial charge in [0, 0.05) is 0 Å². The van der Waals surface area contributed by atoms with Crippen molar-refractivity contribution >= 4 is 12.2 Å². The van der Waals surface area contributed by atoms with E-state index in [-0.39, 0.29) is 0 Å². The van der Waals surface area contributed by atoms with E-state index in [2.05, 4.69) is 6.26 Å². The van der Waals surface area contributed by atoms with E-state index in [0.717, 1.165) is 5.76 Å². The molecule has 0 saturated carbocycles. The molecule has 0 aliphatic heterocycles. The highest BCUT2D eigenvalue weighted by Gasteiger charge is 1.87. The molecule has 1 nitrogen and oxygen atoms in total. The summed E-state index contributed by atoms with van der Waals surface area (Å²) in [6, 6.07) is 13.7. The van der Waals surface area contributed by atoms with Crippen LogP contribution in [0, 0.1) is 6.26 Å². The molecule has 0 aliphatic rings. The molecule has 1 heteroatoms. The molecule has 1 radical (unpaired) electrons. The van der Waals surface area contributed by atoms with Gasteiger partial charge in [0.2, 0.25) is 0 Å². The van der Waals surface area contributed by atoms with Crippen LogP contribution in [0.1, 0.15) is 11.3 Å². The molecule has 0 unspecified atom stereocenters. The molecule has 1 aromatic carbocycles. The molecule has 2 rings (SSSR count). The molecular formula is C12H9O. The minimum atomic E-state index is 0.823. The molecule has 63 valence electrons. The minimum absolute atomic E-state index is 0.823. The Labute approximate surface area is 77.3 Å². The SMILES string of the molecule is [c]1ccc(/C=C/c2ccccc2)o1. The summed E-state index contributed by atoms with van der Waals surface area (Å²) in [6.07, 6.45) is 6.57. The molecule has 0 fully saturated rings. The first-order chi connectivity index (χ1) is 6.45. The van der Waals surface area contributed by atoms with Crippen LogP contribution in [-0.4, -0.2) is 0 Å². The highest BCUT2D eigenvalue weighted by molar-refractivity contribution is 5.66. The Balaban J connectivity index is 2.15. The van der Waals surface area contributed by atoms with Gasteiger partial charge in [0.15, 0.2) is 6.26 Å². The predicted molar refractivity (Wildman–Crippen MR) is 52.9 cm³/mol. The van der Waals surface area contributed by atoms with E-state index in [1.807, 2.05) is 48.6 Å². The third-order valence-electron chi connectivity index (χ3n) is 1.73. The molecule has 0 bridgehead atoms. The maximum Gasteiger partial charge on any atom is 0.170 e. The highest BCUT2D eigenvalue weighted by atomic mass is 16.3. The maximum absolute atomic E-state index is 5.04. The van der Waals surface area contributed by atoms with Crippen LogP contribution in [0.2, 0.25) is 0 Å². The van der Waals surface area contributed by atoms with Crippen LogP contribution in [0.3, 0.4) is 0 Å². The Bertz CT molecular complexity index is 371. The second kappa shape index (κ2) is 3.76. The van der Waals surface area contributed by atoms with Gasteiger partial charge in [-0.1, -0.05) is 36.4 Å². The summed E-state index contributed by atoms with van der Waals surface area (Å²) < 4.78 is 5.04. The van der Waals surface area contributed by atoms with Crippen molar-refractivity contribution in [2.24, 2.45) is 0 Å². The van der Waals surface area contributed by atoms with Gasteiger partial charge in [-0.05, 0) is 23.8 Å². The molecule has 0 saturated heterocycles. The Morgan fingerprint density at radius 3 is 2.54 bits per heavy atom. The first-order valence-corrected chi connectivity index (χ1v) is 4.14. The van der Waals surface area contributed by atoms with E-state index in [1.54, 1.807) is 6.07 Å². The summed E-state index contributed by atoms with van der Waals surface area (Å²) in [5, 5.41) is 0. The Kier molecular flexibility index (Phi) is 2.28. The van der Waals surface area contributed by atoms with Crippen LogP contribution in [0.25, 0.3) is 12.2 Å². The van der Waals surface area contributed by atoms with E-state index in [4.69, 9.17) is 4.42 Å². The van der Waals surface area contributed by atoms with Gasteiger partial charge in [0.1, 0.15) is 5.76 Å². The second-order valence-corrected chi connectivity index (χ2v) is 2.70. The van der Waals surface area contributed by atoms with Crippen molar-refractivity contribution in [1.29, 1.82) is 0 Å². The summed E-state index contributed by atoms with van der Waals surface area (Å²) in [4.78, 5) is 0. The average Bonchev–Trinajstić information content (AvgIpc) is 2.69. The molecule has 0 atom stereocenters. The Hall–Kier alpha value is -1.76. The summed E-state index contributed by atoms with van der Waals surface area (Å²) >= 11 is 0. The zero-order valence-electron chi connectivity index (χ0n) is 7.10. The van der Waals surface area contributed by atoms with Gasteiger partial charge in [-0.25, -0.2) is 0 Å². The Morgan fingerprint density at radius 1 is 1.00 bits per heavy atom. The van der Waals surface area contributed by atoms with Crippen molar-refractivity contribution < 1.29 is 4.42 Å². The molecule has 1 aromatic heterocycles. The fraction of sp³-hybridized carbons (Fsp3) is 0. The molecule has 0 aliphatic carbocycles. The number of hydrogen-bond donors (Lipinski definition) is 0. The van der Waals surface area contributed by atoms with E-state index in [0.29, 0.717) is 0 Å². The maximum atomic E-state index is 5.04. The monoisotopic (exact) mass is 169 g/mol. The van der Waals surface area contributed by atoms with E-state index >= 15 is 0 Å². The number of hydrogen-bond acceptors (Lipinski definition) is 1. The molecule has 2 aromatic rings. The Morgan fingerprint density at radius 2 is 1.85 bits per heavy atom. The standard InChI is InChI=1S/C12H9O/c1-2-5-11(6-3-1)8-9-12-7-4-10-13-12/h1-9H/b9-8+. The zero-order valence-corrected chi connectivity index (χ0v) is 7.10. The fourth-order valence-electron chi connectivity index (χ4n) is 1.08. The number of furan rings is 1. The van der Waals surface area contributed by atoms with E-state index in [1.165, 1.54) is 5.56 Å². The molecule has 13 heavy (non-hydrogen) atoms. The van der Waals surface area contributed by atoms with Gasteiger partial charge in [-0.3, -0.25) is 0 Å². The lowest BCUT2D eigenvalue weighted by molar-refractivity contribution is 0.548. The highest BCUT2D eigenvalue weighted by Crippen LogP contribution is 2.07. The molecule has 0 spiro atoms. The van der Waals surface area contributed by atoms with Gasteiger partial charge < -0.3 is 4.42 Å². The van der Waals surface area contributed by atoms with Crippen LogP contribution in [0.15, 0.2) is 46.9 Å². The van der Waals surface area contributed by atoms with Crippen LogP contribution in [0.4, 0.5) is 0 Å². The minimum Gasteiger partial charge on any atom is -0.453 e. The normalized spacial score (nSPS) is 10.8. The first kappa shape index (κ1) is 7.87. The molecular weight excluding hydrogens is 160 g/mol.